The maximum Gasteiger partial charge on any atom is 0.407 e. The molecule has 0 saturated carbocycles. The normalized spacial score (nSPS) is 14.2. The summed E-state index contributed by atoms with van der Waals surface area (Å²) in [6.07, 6.45) is -2.06. The number of hydrogen-bond donors (Lipinski definition) is 4. The summed E-state index contributed by atoms with van der Waals surface area (Å²) in [5, 5.41) is 19.9. The highest BCUT2D eigenvalue weighted by atomic mass is 32.2. The summed E-state index contributed by atoms with van der Waals surface area (Å²) in [7, 11) is 1.24. The maximum absolute atomic E-state index is 14.6. The van der Waals surface area contributed by atoms with Gasteiger partial charge in [-0.3, -0.25) is 14.4 Å². The minimum absolute atomic E-state index is 0.0121. The van der Waals surface area contributed by atoms with Crippen LogP contribution in [-0.4, -0.2) is 72.7 Å². The third kappa shape index (κ3) is 10.7. The number of methoxy groups -OCH3 is 1. The van der Waals surface area contributed by atoms with Gasteiger partial charge in [0, 0.05) is 11.7 Å². The molecule has 0 unspecified atom stereocenters. The van der Waals surface area contributed by atoms with Gasteiger partial charge in [0.1, 0.15) is 18.7 Å². The fourth-order valence-corrected chi connectivity index (χ4v) is 9.83. The minimum Gasteiger partial charge on any atom is -0.469 e. The molecule has 0 aliphatic heterocycles. The van der Waals surface area contributed by atoms with E-state index in [2.05, 4.69) is 64.5 Å². The van der Waals surface area contributed by atoms with E-state index in [1.807, 2.05) is 119 Å². The molecule has 0 saturated heterocycles. The number of carbonyl (C=O) groups is 4. The van der Waals surface area contributed by atoms with Crippen LogP contribution in [0.3, 0.4) is 0 Å². The molecule has 4 N–H and O–H groups in total. The van der Waals surface area contributed by atoms with Crippen LogP contribution in [-0.2, 0) is 28.6 Å². The molecular weight excluding hydrogens is 799 g/mol. The van der Waals surface area contributed by atoms with E-state index in [9.17, 15) is 24.3 Å². The van der Waals surface area contributed by atoms with Gasteiger partial charge < -0.3 is 30.5 Å². The Morgan fingerprint density at radius 3 is 1.58 bits per heavy atom. The van der Waals surface area contributed by atoms with E-state index in [0.717, 1.165) is 38.9 Å². The van der Waals surface area contributed by atoms with Crippen LogP contribution in [0.1, 0.15) is 74.3 Å². The third-order valence-electron chi connectivity index (χ3n) is 11.3. The molecule has 0 heterocycles. The van der Waals surface area contributed by atoms with Crippen molar-refractivity contribution in [3.8, 4) is 11.1 Å². The number of ether oxygens (including phenoxy) is 2. The lowest BCUT2D eigenvalue weighted by molar-refractivity contribution is -0.144. The van der Waals surface area contributed by atoms with E-state index in [-0.39, 0.29) is 43.0 Å². The number of hydrogen-bond acceptors (Lipinski definition) is 8. The van der Waals surface area contributed by atoms with E-state index in [4.69, 9.17) is 9.47 Å². The molecule has 62 heavy (non-hydrogen) atoms. The predicted molar refractivity (Wildman–Crippen MR) is 244 cm³/mol. The summed E-state index contributed by atoms with van der Waals surface area (Å²) < 4.78 is 9.84. The summed E-state index contributed by atoms with van der Waals surface area (Å²) in [4.78, 5) is 55.0. The first kappa shape index (κ1) is 45.6. The van der Waals surface area contributed by atoms with Gasteiger partial charge in [-0.2, -0.15) is 0 Å². The summed E-state index contributed by atoms with van der Waals surface area (Å²) >= 11 is 1.49. The summed E-state index contributed by atoms with van der Waals surface area (Å²) in [6.45, 7) is 7.63. The van der Waals surface area contributed by atoms with Crippen molar-refractivity contribution in [1.82, 2.24) is 16.0 Å². The monoisotopic (exact) mass is 855 g/mol. The lowest BCUT2D eigenvalue weighted by atomic mass is 9.84. The molecule has 0 spiro atoms. The molecule has 1 aliphatic carbocycles. The predicted octanol–water partition coefficient (Wildman–Crippen LogP) is 8.21. The molecule has 3 amide bonds. The molecule has 1 aliphatic rings. The van der Waals surface area contributed by atoms with E-state index < -0.39 is 52.9 Å². The lowest BCUT2D eigenvalue weighted by Crippen LogP contribution is -2.58. The number of alkyl carbamates (subject to hydrolysis) is 1. The number of thioether (sulfide) groups is 1. The lowest BCUT2D eigenvalue weighted by Gasteiger charge is -2.37. The maximum atomic E-state index is 14.6. The molecule has 0 bridgehead atoms. The summed E-state index contributed by atoms with van der Waals surface area (Å²) in [6, 6.07) is 43.1. The Balaban J connectivity index is 1.29. The molecule has 5 aromatic carbocycles. The van der Waals surface area contributed by atoms with Gasteiger partial charge in [-0.15, -0.1) is 11.8 Å². The average molecular weight is 856 g/mol. The molecule has 11 heteroatoms. The number of benzene rings is 5. The van der Waals surface area contributed by atoms with Crippen molar-refractivity contribution < 1.29 is 33.8 Å². The van der Waals surface area contributed by atoms with Crippen LogP contribution < -0.4 is 16.0 Å². The van der Waals surface area contributed by atoms with Gasteiger partial charge in [-0.05, 0) is 57.2 Å². The van der Waals surface area contributed by atoms with E-state index >= 15 is 0 Å². The molecule has 0 fully saturated rings. The Hall–Kier alpha value is -5.91. The second-order valence-electron chi connectivity index (χ2n) is 16.4. The Labute approximate surface area is 369 Å². The van der Waals surface area contributed by atoms with Crippen molar-refractivity contribution in [2.45, 2.75) is 75.4 Å². The standard InChI is InChI=1S/C51H57N3O7S/c1-33(2)29-43(53-50(59)61-31-42-40-27-17-15-25-38(40)39-26-16-18-28-41(39)42)48(57)52-44(49(58)54-47(34(3)4)45(55)30-46(56)60-5)32-62-51(35-19-9-6-10-20-35,36-21-11-7-12-22-36)37-23-13-8-14-24-37/h6-28,33-34,42-45,47,55H,29-32H2,1-5H3,(H,52,57)(H,53,59)(H,54,58)/t43-,44-,45+,47-/m1/s1. The van der Waals surface area contributed by atoms with Crippen LogP contribution in [0.4, 0.5) is 4.79 Å². The molecule has 6 rings (SSSR count). The van der Waals surface area contributed by atoms with Crippen molar-refractivity contribution in [1.29, 1.82) is 0 Å². The Kier molecular flexibility index (Phi) is 15.6. The van der Waals surface area contributed by atoms with Crippen molar-refractivity contribution >= 4 is 35.6 Å². The van der Waals surface area contributed by atoms with Crippen LogP contribution >= 0.6 is 11.8 Å². The molecular formula is C51H57N3O7S. The highest BCUT2D eigenvalue weighted by Gasteiger charge is 2.40. The van der Waals surface area contributed by atoms with Crippen molar-refractivity contribution in [2.24, 2.45) is 11.8 Å². The quantitative estimate of drug-likeness (QED) is 0.0481. The first-order chi connectivity index (χ1) is 29.9. The van der Waals surface area contributed by atoms with Crippen molar-refractivity contribution in [2.75, 3.05) is 19.5 Å². The summed E-state index contributed by atoms with van der Waals surface area (Å²) in [5.41, 5.74) is 7.24. The minimum atomic E-state index is -1.25. The van der Waals surface area contributed by atoms with Crippen molar-refractivity contribution in [3.05, 3.63) is 167 Å². The van der Waals surface area contributed by atoms with Crippen LogP contribution in [0.25, 0.3) is 11.1 Å². The second-order valence-corrected chi connectivity index (χ2v) is 17.7. The number of aliphatic hydroxyl groups excluding tert-OH is 1. The topological polar surface area (TPSA) is 143 Å². The fourth-order valence-electron chi connectivity index (χ4n) is 8.27. The number of carbonyl (C=O) groups excluding carboxylic acids is 4. The molecule has 0 aromatic heterocycles. The second kappa shape index (κ2) is 21.3. The third-order valence-corrected chi connectivity index (χ3v) is 13.0. The van der Waals surface area contributed by atoms with Gasteiger partial charge in [0.2, 0.25) is 11.8 Å². The van der Waals surface area contributed by atoms with Crippen LogP contribution in [0, 0.1) is 11.8 Å². The summed E-state index contributed by atoms with van der Waals surface area (Å²) in [5.74, 6) is -2.13. The van der Waals surface area contributed by atoms with Crippen LogP contribution in [0.2, 0.25) is 0 Å². The molecule has 324 valence electrons. The largest absolute Gasteiger partial charge is 0.469 e. The zero-order chi connectivity index (χ0) is 44.2. The van der Waals surface area contributed by atoms with E-state index in [1.54, 1.807) is 0 Å². The van der Waals surface area contributed by atoms with Crippen LogP contribution in [0.15, 0.2) is 140 Å². The fraction of sp³-hybridized carbons (Fsp3) is 0.333. The van der Waals surface area contributed by atoms with Crippen molar-refractivity contribution in [3.63, 3.8) is 0 Å². The van der Waals surface area contributed by atoms with Gasteiger partial charge in [0.15, 0.2) is 0 Å². The van der Waals surface area contributed by atoms with E-state index in [0.29, 0.717) is 0 Å². The zero-order valence-corrected chi connectivity index (χ0v) is 36.8. The smallest absolute Gasteiger partial charge is 0.407 e. The highest BCUT2D eigenvalue weighted by Crippen LogP contribution is 2.49. The molecule has 4 atom stereocenters. The first-order valence-electron chi connectivity index (χ1n) is 21.2. The number of fused-ring (bicyclic) bond motifs is 3. The Bertz CT molecular complexity index is 2130. The molecule has 10 nitrogen and oxygen atoms in total. The van der Waals surface area contributed by atoms with Crippen LogP contribution in [0.5, 0.6) is 0 Å². The molecule has 5 aromatic rings. The van der Waals surface area contributed by atoms with E-state index in [1.165, 1.54) is 18.9 Å². The van der Waals surface area contributed by atoms with Gasteiger partial charge in [-0.1, -0.05) is 167 Å². The highest BCUT2D eigenvalue weighted by molar-refractivity contribution is 8.00. The number of nitrogens with one attached hydrogen (secondary N) is 3. The Morgan fingerprint density at radius 1 is 0.645 bits per heavy atom. The average Bonchev–Trinajstić information content (AvgIpc) is 3.60. The number of aliphatic hydroxyl groups is 1. The Morgan fingerprint density at radius 2 is 1.11 bits per heavy atom. The van der Waals surface area contributed by atoms with Gasteiger partial charge in [-0.25, -0.2) is 4.79 Å². The van der Waals surface area contributed by atoms with Gasteiger partial charge >= 0.3 is 12.1 Å². The SMILES string of the molecule is COC(=O)C[C@H](O)[C@H](NC(=O)[C@@H](CSC(c1ccccc1)(c1ccccc1)c1ccccc1)NC(=O)[C@@H](CC(C)C)NC(=O)OCC1c2ccccc2-c2ccccc21)C(C)C. The number of rotatable bonds is 19. The number of amides is 3. The zero-order valence-electron chi connectivity index (χ0n) is 36.0. The van der Waals surface area contributed by atoms with Gasteiger partial charge in [0.05, 0.1) is 30.4 Å². The number of esters is 1. The van der Waals surface area contributed by atoms with Gasteiger partial charge in [0.25, 0.3) is 0 Å². The first-order valence-corrected chi connectivity index (χ1v) is 22.2. The molecule has 0 radical (unpaired) electrons.